The molecule has 0 saturated carbocycles. The van der Waals surface area contributed by atoms with E-state index in [-0.39, 0.29) is 17.7 Å². The Morgan fingerprint density at radius 1 is 1.35 bits per heavy atom. The summed E-state index contributed by atoms with van der Waals surface area (Å²) in [6, 6.07) is 3.53. The molecule has 0 bridgehead atoms. The third-order valence-corrected chi connectivity index (χ3v) is 2.92. The second-order valence-corrected chi connectivity index (χ2v) is 4.24. The van der Waals surface area contributed by atoms with Gasteiger partial charge in [-0.3, -0.25) is 4.79 Å². The van der Waals surface area contributed by atoms with Gasteiger partial charge in [0, 0.05) is 5.38 Å². The largest absolute Gasteiger partial charge is 0.481 e. The Bertz CT molecular complexity index is 548. The molecular formula is C11H7F2NO2S. The highest BCUT2D eigenvalue weighted by Crippen LogP contribution is 2.27. The maximum atomic E-state index is 13.4. The van der Waals surface area contributed by atoms with E-state index in [0.717, 1.165) is 23.5 Å². The van der Waals surface area contributed by atoms with Gasteiger partial charge in [0.15, 0.2) is 0 Å². The molecule has 0 aliphatic carbocycles. The van der Waals surface area contributed by atoms with Gasteiger partial charge in [-0.25, -0.2) is 13.8 Å². The molecule has 1 aromatic carbocycles. The summed E-state index contributed by atoms with van der Waals surface area (Å²) in [6.07, 6.45) is -0.249. The predicted molar refractivity (Wildman–Crippen MR) is 58.8 cm³/mol. The van der Waals surface area contributed by atoms with Crippen LogP contribution in [0.3, 0.4) is 0 Å². The molecule has 0 spiro atoms. The van der Waals surface area contributed by atoms with E-state index < -0.39 is 17.6 Å². The Morgan fingerprint density at radius 2 is 2.00 bits per heavy atom. The van der Waals surface area contributed by atoms with Crippen LogP contribution in [0.5, 0.6) is 0 Å². The molecule has 0 unspecified atom stereocenters. The van der Waals surface area contributed by atoms with Gasteiger partial charge in [0.1, 0.15) is 16.6 Å². The van der Waals surface area contributed by atoms with Crippen LogP contribution < -0.4 is 0 Å². The first kappa shape index (κ1) is 11.7. The zero-order chi connectivity index (χ0) is 12.4. The number of carbonyl (C=O) groups is 1. The zero-order valence-corrected chi connectivity index (χ0v) is 9.30. The molecular weight excluding hydrogens is 248 g/mol. The van der Waals surface area contributed by atoms with E-state index in [1.165, 1.54) is 11.4 Å². The number of hydrogen-bond donors (Lipinski definition) is 1. The highest BCUT2D eigenvalue weighted by molar-refractivity contribution is 7.10. The molecule has 3 nitrogen and oxygen atoms in total. The summed E-state index contributed by atoms with van der Waals surface area (Å²) in [5, 5.41) is 10.3. The molecule has 2 aromatic rings. The Morgan fingerprint density at radius 3 is 2.59 bits per heavy atom. The van der Waals surface area contributed by atoms with Crippen molar-refractivity contribution in [1.82, 2.24) is 4.98 Å². The topological polar surface area (TPSA) is 50.2 Å². The summed E-state index contributed by atoms with van der Waals surface area (Å²) >= 11 is 1.06. The van der Waals surface area contributed by atoms with Crippen LogP contribution in [0.1, 0.15) is 5.01 Å². The van der Waals surface area contributed by atoms with Crippen LogP contribution in [0.15, 0.2) is 23.6 Å². The first-order valence-electron chi connectivity index (χ1n) is 4.68. The summed E-state index contributed by atoms with van der Waals surface area (Å²) in [4.78, 5) is 14.4. The summed E-state index contributed by atoms with van der Waals surface area (Å²) < 4.78 is 26.8. The molecule has 0 saturated heterocycles. The molecule has 0 atom stereocenters. The number of carboxylic acids is 1. The molecule has 0 aliphatic rings. The number of nitrogens with zero attached hydrogens (tertiary/aromatic N) is 1. The minimum Gasteiger partial charge on any atom is -0.481 e. The van der Waals surface area contributed by atoms with Crippen LogP contribution >= 0.6 is 11.3 Å². The zero-order valence-electron chi connectivity index (χ0n) is 8.48. The molecule has 1 heterocycles. The van der Waals surface area contributed by atoms with Gasteiger partial charge in [-0.2, -0.15) is 0 Å². The summed E-state index contributed by atoms with van der Waals surface area (Å²) in [6.45, 7) is 0. The van der Waals surface area contributed by atoms with Gasteiger partial charge in [0.25, 0.3) is 0 Å². The van der Waals surface area contributed by atoms with Gasteiger partial charge >= 0.3 is 5.97 Å². The Labute approximate surface area is 99.4 Å². The molecule has 0 amide bonds. The number of aliphatic carboxylic acids is 1. The fraction of sp³-hybridized carbons (Fsp3) is 0.0909. The molecule has 1 N–H and O–H groups in total. The summed E-state index contributed by atoms with van der Waals surface area (Å²) in [5.41, 5.74) is -0.0951. The SMILES string of the molecule is O=C(O)Cc1nc(-c2c(F)cccc2F)cs1. The van der Waals surface area contributed by atoms with Crippen molar-refractivity contribution in [3.8, 4) is 11.3 Å². The van der Waals surface area contributed by atoms with Gasteiger partial charge in [0.2, 0.25) is 0 Å². The lowest BCUT2D eigenvalue weighted by Gasteiger charge is -2.00. The molecule has 2 rings (SSSR count). The van der Waals surface area contributed by atoms with Crippen molar-refractivity contribution in [2.24, 2.45) is 0 Å². The van der Waals surface area contributed by atoms with E-state index in [9.17, 15) is 13.6 Å². The lowest BCUT2D eigenvalue weighted by atomic mass is 10.1. The Balaban J connectivity index is 2.40. The van der Waals surface area contributed by atoms with Crippen molar-refractivity contribution in [3.63, 3.8) is 0 Å². The summed E-state index contributed by atoms with van der Waals surface area (Å²) in [5.74, 6) is -2.45. The van der Waals surface area contributed by atoms with Gasteiger partial charge in [0.05, 0.1) is 17.7 Å². The van der Waals surface area contributed by atoms with Gasteiger partial charge in [-0.05, 0) is 12.1 Å². The first-order chi connectivity index (χ1) is 8.08. The van der Waals surface area contributed by atoms with Gasteiger partial charge < -0.3 is 5.11 Å². The quantitative estimate of drug-likeness (QED) is 0.917. The number of carboxylic acid groups (broad SMARTS) is 1. The number of hydrogen-bond acceptors (Lipinski definition) is 3. The van der Waals surface area contributed by atoms with Crippen molar-refractivity contribution < 1.29 is 18.7 Å². The number of rotatable bonds is 3. The van der Waals surface area contributed by atoms with Gasteiger partial charge in [-0.1, -0.05) is 6.07 Å². The number of thiazole rings is 1. The number of benzene rings is 1. The maximum Gasteiger partial charge on any atom is 0.310 e. The van der Waals surface area contributed by atoms with Crippen molar-refractivity contribution in [1.29, 1.82) is 0 Å². The van der Waals surface area contributed by atoms with Crippen molar-refractivity contribution in [2.45, 2.75) is 6.42 Å². The van der Waals surface area contributed by atoms with Crippen molar-refractivity contribution in [3.05, 3.63) is 40.2 Å². The minimum atomic E-state index is -1.03. The van der Waals surface area contributed by atoms with E-state index in [0.29, 0.717) is 5.01 Å². The average Bonchev–Trinajstić information content (AvgIpc) is 2.65. The van der Waals surface area contributed by atoms with E-state index >= 15 is 0 Å². The van der Waals surface area contributed by atoms with E-state index in [2.05, 4.69) is 4.98 Å². The van der Waals surface area contributed by atoms with E-state index in [1.54, 1.807) is 0 Å². The molecule has 1 aromatic heterocycles. The third-order valence-electron chi connectivity index (χ3n) is 2.07. The predicted octanol–water partition coefficient (Wildman–Crippen LogP) is 2.72. The minimum absolute atomic E-state index is 0.127. The highest BCUT2D eigenvalue weighted by atomic mass is 32.1. The normalized spacial score (nSPS) is 10.5. The van der Waals surface area contributed by atoms with Crippen LogP contribution in [-0.4, -0.2) is 16.1 Å². The highest BCUT2D eigenvalue weighted by Gasteiger charge is 2.15. The molecule has 0 radical (unpaired) electrons. The monoisotopic (exact) mass is 255 g/mol. The molecule has 17 heavy (non-hydrogen) atoms. The standard InChI is InChI=1S/C11H7F2NO2S/c12-6-2-1-3-7(13)11(6)8-5-17-9(14-8)4-10(15)16/h1-3,5H,4H2,(H,15,16). The van der Waals surface area contributed by atoms with E-state index in [4.69, 9.17) is 5.11 Å². The van der Waals surface area contributed by atoms with Crippen LogP contribution in [0.25, 0.3) is 11.3 Å². The first-order valence-corrected chi connectivity index (χ1v) is 5.56. The summed E-state index contributed by atoms with van der Waals surface area (Å²) in [7, 11) is 0. The smallest absolute Gasteiger partial charge is 0.310 e. The van der Waals surface area contributed by atoms with Crippen LogP contribution in [-0.2, 0) is 11.2 Å². The number of aromatic nitrogens is 1. The van der Waals surface area contributed by atoms with E-state index in [1.807, 2.05) is 0 Å². The fourth-order valence-electron chi connectivity index (χ4n) is 1.38. The van der Waals surface area contributed by atoms with Crippen molar-refractivity contribution >= 4 is 17.3 Å². The maximum absolute atomic E-state index is 13.4. The average molecular weight is 255 g/mol. The number of halogens is 2. The molecule has 88 valence electrons. The molecule has 6 heteroatoms. The van der Waals surface area contributed by atoms with Crippen LogP contribution in [0.2, 0.25) is 0 Å². The lowest BCUT2D eigenvalue weighted by Crippen LogP contribution is -1.99. The van der Waals surface area contributed by atoms with Crippen molar-refractivity contribution in [2.75, 3.05) is 0 Å². The van der Waals surface area contributed by atoms with Crippen LogP contribution in [0, 0.1) is 11.6 Å². The Kier molecular flexibility index (Phi) is 3.14. The molecule has 0 aliphatic heterocycles. The van der Waals surface area contributed by atoms with Crippen LogP contribution in [0.4, 0.5) is 8.78 Å². The lowest BCUT2D eigenvalue weighted by molar-refractivity contribution is -0.136. The Hall–Kier alpha value is -1.82. The second kappa shape index (κ2) is 4.58. The van der Waals surface area contributed by atoms with Gasteiger partial charge in [-0.15, -0.1) is 11.3 Å². The fourth-order valence-corrected chi connectivity index (χ4v) is 2.15. The third kappa shape index (κ3) is 2.47. The molecule has 0 fully saturated rings. The second-order valence-electron chi connectivity index (χ2n) is 3.29.